The molecule has 114 valence electrons. The molecule has 2 heterocycles. The molecule has 2 saturated heterocycles. The number of piperidine rings is 1. The van der Waals surface area contributed by atoms with E-state index in [9.17, 15) is 14.7 Å². The van der Waals surface area contributed by atoms with Crippen molar-refractivity contribution in [3.05, 3.63) is 0 Å². The largest absolute Gasteiger partial charge is 0.479 e. The van der Waals surface area contributed by atoms with Crippen LogP contribution in [0.1, 0.15) is 52.9 Å². The molecule has 20 heavy (non-hydrogen) atoms. The van der Waals surface area contributed by atoms with Gasteiger partial charge in [0.25, 0.3) is 0 Å². The van der Waals surface area contributed by atoms with Gasteiger partial charge < -0.3 is 14.9 Å². The standard InChI is InChI=1S/C15H26N2O3/c1-4-15(13(18)19)8-5-9-17(15)14(20)16-10-11(2)6-7-12(16)3/h11-12H,4-10H2,1-3H3,(H,18,19). The van der Waals surface area contributed by atoms with Crippen molar-refractivity contribution in [2.24, 2.45) is 5.92 Å². The zero-order valence-electron chi connectivity index (χ0n) is 12.8. The van der Waals surface area contributed by atoms with Crippen LogP contribution in [0.5, 0.6) is 0 Å². The van der Waals surface area contributed by atoms with Crippen LogP contribution in [0.15, 0.2) is 0 Å². The summed E-state index contributed by atoms with van der Waals surface area (Å²) < 4.78 is 0. The molecule has 2 aliphatic rings. The predicted octanol–water partition coefficient (Wildman–Crippen LogP) is 2.56. The third-order valence-corrected chi connectivity index (χ3v) is 5.07. The summed E-state index contributed by atoms with van der Waals surface area (Å²) in [5.41, 5.74) is -0.989. The van der Waals surface area contributed by atoms with Gasteiger partial charge in [-0.3, -0.25) is 0 Å². The maximum Gasteiger partial charge on any atom is 0.329 e. The molecule has 0 aliphatic carbocycles. The summed E-state index contributed by atoms with van der Waals surface area (Å²) in [4.78, 5) is 28.0. The number of carbonyl (C=O) groups is 2. The van der Waals surface area contributed by atoms with Crippen LogP contribution < -0.4 is 0 Å². The van der Waals surface area contributed by atoms with Gasteiger partial charge in [-0.2, -0.15) is 0 Å². The van der Waals surface area contributed by atoms with Gasteiger partial charge in [0, 0.05) is 19.1 Å². The van der Waals surface area contributed by atoms with E-state index >= 15 is 0 Å². The quantitative estimate of drug-likeness (QED) is 0.846. The Bertz CT molecular complexity index is 399. The molecule has 0 bridgehead atoms. The van der Waals surface area contributed by atoms with Crippen LogP contribution in [0.2, 0.25) is 0 Å². The van der Waals surface area contributed by atoms with E-state index in [0.29, 0.717) is 25.3 Å². The van der Waals surface area contributed by atoms with Crippen molar-refractivity contribution in [2.45, 2.75) is 64.5 Å². The molecule has 3 unspecified atom stereocenters. The van der Waals surface area contributed by atoms with E-state index in [4.69, 9.17) is 0 Å². The Labute approximate surface area is 120 Å². The van der Waals surface area contributed by atoms with Crippen molar-refractivity contribution < 1.29 is 14.7 Å². The monoisotopic (exact) mass is 282 g/mol. The van der Waals surface area contributed by atoms with Crippen molar-refractivity contribution in [2.75, 3.05) is 13.1 Å². The fourth-order valence-corrected chi connectivity index (χ4v) is 3.61. The summed E-state index contributed by atoms with van der Waals surface area (Å²) in [6.45, 7) is 7.39. The molecule has 0 aromatic rings. The van der Waals surface area contributed by atoms with Gasteiger partial charge in [0.1, 0.15) is 5.54 Å². The van der Waals surface area contributed by atoms with E-state index in [-0.39, 0.29) is 12.1 Å². The van der Waals surface area contributed by atoms with Crippen molar-refractivity contribution in [3.8, 4) is 0 Å². The minimum absolute atomic E-state index is 0.0780. The molecule has 2 fully saturated rings. The second kappa shape index (κ2) is 5.62. The van der Waals surface area contributed by atoms with Gasteiger partial charge in [-0.25, -0.2) is 9.59 Å². The minimum atomic E-state index is -0.989. The summed E-state index contributed by atoms with van der Waals surface area (Å²) in [6.07, 6.45) is 3.98. The van der Waals surface area contributed by atoms with Crippen molar-refractivity contribution in [1.82, 2.24) is 9.80 Å². The van der Waals surface area contributed by atoms with E-state index < -0.39 is 11.5 Å². The van der Waals surface area contributed by atoms with Gasteiger partial charge in [-0.15, -0.1) is 0 Å². The maximum atomic E-state index is 12.8. The van der Waals surface area contributed by atoms with Crippen LogP contribution >= 0.6 is 0 Å². The molecule has 0 spiro atoms. The van der Waals surface area contributed by atoms with E-state index in [2.05, 4.69) is 13.8 Å². The number of hydrogen-bond donors (Lipinski definition) is 1. The minimum Gasteiger partial charge on any atom is -0.479 e. The van der Waals surface area contributed by atoms with Crippen LogP contribution in [0.4, 0.5) is 4.79 Å². The highest BCUT2D eigenvalue weighted by molar-refractivity contribution is 5.87. The molecule has 0 radical (unpaired) electrons. The van der Waals surface area contributed by atoms with Crippen LogP contribution in [0.3, 0.4) is 0 Å². The summed E-state index contributed by atoms with van der Waals surface area (Å²) >= 11 is 0. The van der Waals surface area contributed by atoms with Crippen LogP contribution in [0, 0.1) is 5.92 Å². The van der Waals surface area contributed by atoms with Gasteiger partial charge in [-0.1, -0.05) is 13.8 Å². The van der Waals surface area contributed by atoms with E-state index in [0.717, 1.165) is 25.8 Å². The van der Waals surface area contributed by atoms with Crippen molar-refractivity contribution in [1.29, 1.82) is 0 Å². The molecule has 5 nitrogen and oxygen atoms in total. The fraction of sp³-hybridized carbons (Fsp3) is 0.867. The summed E-state index contributed by atoms with van der Waals surface area (Å²) in [5.74, 6) is -0.359. The van der Waals surface area contributed by atoms with Crippen molar-refractivity contribution in [3.63, 3.8) is 0 Å². The Balaban J connectivity index is 2.21. The van der Waals surface area contributed by atoms with Gasteiger partial charge in [-0.05, 0) is 44.9 Å². The number of likely N-dealkylation sites (tertiary alicyclic amines) is 2. The third-order valence-electron chi connectivity index (χ3n) is 5.07. The van der Waals surface area contributed by atoms with Gasteiger partial charge in [0.2, 0.25) is 0 Å². The topological polar surface area (TPSA) is 60.9 Å². The molecule has 0 aromatic heterocycles. The van der Waals surface area contributed by atoms with E-state index in [1.54, 1.807) is 4.90 Å². The first-order valence-electron chi connectivity index (χ1n) is 7.74. The molecule has 0 aromatic carbocycles. The van der Waals surface area contributed by atoms with Crippen LogP contribution in [0.25, 0.3) is 0 Å². The molecule has 2 amide bonds. The number of amides is 2. The van der Waals surface area contributed by atoms with Gasteiger partial charge in [0.05, 0.1) is 0 Å². The summed E-state index contributed by atoms with van der Waals surface area (Å²) in [6, 6.07) is 0.133. The number of urea groups is 1. The second-order valence-corrected chi connectivity index (χ2v) is 6.41. The summed E-state index contributed by atoms with van der Waals surface area (Å²) in [7, 11) is 0. The van der Waals surface area contributed by atoms with Gasteiger partial charge in [0.15, 0.2) is 0 Å². The highest BCUT2D eigenvalue weighted by Crippen LogP contribution is 2.35. The molecular weight excluding hydrogens is 256 g/mol. The number of carboxylic acids is 1. The fourth-order valence-electron chi connectivity index (χ4n) is 3.61. The van der Waals surface area contributed by atoms with Crippen molar-refractivity contribution >= 4 is 12.0 Å². The molecule has 1 N–H and O–H groups in total. The lowest BCUT2D eigenvalue weighted by molar-refractivity contribution is -0.148. The number of rotatable bonds is 2. The average Bonchev–Trinajstić information content (AvgIpc) is 2.85. The Morgan fingerprint density at radius 2 is 2.00 bits per heavy atom. The highest BCUT2D eigenvalue weighted by Gasteiger charge is 2.50. The first kappa shape index (κ1) is 15.1. The SMILES string of the molecule is CCC1(C(=O)O)CCCN1C(=O)N1CC(C)CCC1C. The zero-order chi connectivity index (χ0) is 14.9. The number of nitrogens with zero attached hydrogens (tertiary/aromatic N) is 2. The lowest BCUT2D eigenvalue weighted by atomic mass is 9.92. The Morgan fingerprint density at radius 1 is 1.30 bits per heavy atom. The number of hydrogen-bond acceptors (Lipinski definition) is 2. The average molecular weight is 282 g/mol. The molecular formula is C15H26N2O3. The second-order valence-electron chi connectivity index (χ2n) is 6.41. The lowest BCUT2D eigenvalue weighted by Crippen LogP contribution is -2.59. The summed E-state index contributed by atoms with van der Waals surface area (Å²) in [5, 5.41) is 9.59. The number of aliphatic carboxylic acids is 1. The first-order chi connectivity index (χ1) is 9.42. The first-order valence-corrected chi connectivity index (χ1v) is 7.74. The maximum absolute atomic E-state index is 12.8. The highest BCUT2D eigenvalue weighted by atomic mass is 16.4. The number of carbonyl (C=O) groups excluding carboxylic acids is 1. The molecule has 3 atom stereocenters. The Hall–Kier alpha value is -1.26. The van der Waals surface area contributed by atoms with Gasteiger partial charge >= 0.3 is 12.0 Å². The smallest absolute Gasteiger partial charge is 0.329 e. The Kier molecular flexibility index (Phi) is 4.25. The number of carboxylic acid groups (broad SMARTS) is 1. The Morgan fingerprint density at radius 3 is 2.60 bits per heavy atom. The van der Waals surface area contributed by atoms with E-state index in [1.807, 2.05) is 11.8 Å². The lowest BCUT2D eigenvalue weighted by Gasteiger charge is -2.43. The van der Waals surface area contributed by atoms with E-state index in [1.165, 1.54) is 0 Å². The zero-order valence-corrected chi connectivity index (χ0v) is 12.8. The molecule has 2 aliphatic heterocycles. The molecule has 0 saturated carbocycles. The van der Waals surface area contributed by atoms with Crippen LogP contribution in [-0.4, -0.2) is 51.6 Å². The normalized spacial score (nSPS) is 34.4. The molecule has 5 heteroatoms. The predicted molar refractivity (Wildman–Crippen MR) is 76.6 cm³/mol. The van der Waals surface area contributed by atoms with Crippen LogP contribution in [-0.2, 0) is 4.79 Å². The molecule has 2 rings (SSSR count). The third kappa shape index (κ3) is 2.38.